The van der Waals surface area contributed by atoms with E-state index in [2.05, 4.69) is 4.74 Å². The molecule has 0 unspecified atom stereocenters. The number of aliphatic carboxylic acids is 2. The molecule has 0 amide bonds. The van der Waals surface area contributed by atoms with Crippen LogP contribution in [0.25, 0.3) is 0 Å². The molecular weight excluding hydrogens is 562 g/mol. The van der Waals surface area contributed by atoms with Gasteiger partial charge in [-0.2, -0.15) is 0 Å². The first kappa shape index (κ1) is 29.3. The Balaban J connectivity index is 1.43. The molecule has 1 spiro atoms. The zero-order chi connectivity index (χ0) is 30.7. The van der Waals surface area contributed by atoms with Crippen LogP contribution in [0.1, 0.15) is 37.3 Å². The van der Waals surface area contributed by atoms with E-state index in [0.717, 1.165) is 12.5 Å². The zero-order valence-electron chi connectivity index (χ0n) is 22.5. The Morgan fingerprint density at radius 1 is 1.14 bits per heavy atom. The van der Waals surface area contributed by atoms with Crippen molar-refractivity contribution in [3.8, 4) is 11.5 Å². The summed E-state index contributed by atoms with van der Waals surface area (Å²) in [5.41, 5.74) is -1.03. The predicted molar refractivity (Wildman–Crippen MR) is 134 cm³/mol. The maximum Gasteiger partial charge on any atom is 0.351 e. The molecule has 1 saturated heterocycles. The molecule has 2 aliphatic carbocycles. The van der Waals surface area contributed by atoms with Crippen LogP contribution < -0.4 is 4.74 Å². The highest BCUT2D eigenvalue weighted by molar-refractivity contribution is 5.90. The van der Waals surface area contributed by atoms with E-state index in [9.17, 15) is 39.3 Å². The van der Waals surface area contributed by atoms with Gasteiger partial charge in [0.05, 0.1) is 17.4 Å². The quantitative estimate of drug-likeness (QED) is 0.171. The number of ether oxygens (including phenoxy) is 4. The van der Waals surface area contributed by atoms with E-state index >= 15 is 0 Å². The van der Waals surface area contributed by atoms with Crippen molar-refractivity contribution in [3.05, 3.63) is 35.1 Å². The van der Waals surface area contributed by atoms with Crippen LogP contribution >= 0.6 is 0 Å². The molecule has 42 heavy (non-hydrogen) atoms. The fourth-order valence-electron chi connectivity index (χ4n) is 6.70. The average Bonchev–Trinajstić information content (AvgIpc) is 3.27. The van der Waals surface area contributed by atoms with Gasteiger partial charge in [-0.1, -0.05) is 6.07 Å². The van der Waals surface area contributed by atoms with E-state index in [-0.39, 0.29) is 29.7 Å². The van der Waals surface area contributed by atoms with E-state index in [1.165, 1.54) is 12.1 Å². The summed E-state index contributed by atoms with van der Waals surface area (Å²) in [7, 11) is 1.89. The second-order valence-corrected chi connectivity index (χ2v) is 10.9. The van der Waals surface area contributed by atoms with E-state index in [0.29, 0.717) is 24.9 Å². The Kier molecular flexibility index (Phi) is 7.15. The number of aliphatic hydroxyl groups is 2. The lowest BCUT2D eigenvalue weighted by atomic mass is 9.50. The van der Waals surface area contributed by atoms with Crippen LogP contribution in [0, 0.1) is 0 Å². The van der Waals surface area contributed by atoms with Crippen molar-refractivity contribution in [2.24, 2.45) is 0 Å². The topological polar surface area (TPSA) is 227 Å². The number of carboxylic acid groups (broad SMARTS) is 2. The van der Waals surface area contributed by atoms with Crippen molar-refractivity contribution in [2.45, 2.75) is 74.1 Å². The number of piperidine rings is 1. The van der Waals surface area contributed by atoms with Gasteiger partial charge in [0.15, 0.2) is 23.7 Å². The van der Waals surface area contributed by atoms with Gasteiger partial charge in [0.25, 0.3) is 0 Å². The lowest BCUT2D eigenvalue weighted by Gasteiger charge is -2.61. The molecule has 0 radical (unpaired) electrons. The summed E-state index contributed by atoms with van der Waals surface area (Å²) in [5.74, 6) is -7.94. The van der Waals surface area contributed by atoms with E-state index in [4.69, 9.17) is 24.4 Å². The number of likely N-dealkylation sites (tertiary alicyclic amines) is 1. The molecule has 226 valence electrons. The number of rotatable bonds is 9. The highest BCUT2D eigenvalue weighted by Gasteiger charge is 2.72. The first-order valence-electron chi connectivity index (χ1n) is 13.1. The molecule has 15 nitrogen and oxygen atoms in total. The summed E-state index contributed by atoms with van der Waals surface area (Å²) in [5, 5.41) is 51.5. The molecule has 2 heterocycles. The number of aliphatic hydroxyl groups excluding tert-OH is 1. The lowest BCUT2D eigenvalue weighted by molar-refractivity contribution is -0.190. The minimum absolute atomic E-state index is 0.0139. The van der Waals surface area contributed by atoms with Gasteiger partial charge in [-0.3, -0.25) is 9.59 Å². The molecule has 2 aliphatic heterocycles. The second-order valence-electron chi connectivity index (χ2n) is 10.9. The van der Waals surface area contributed by atoms with Gasteiger partial charge in [-0.25, -0.2) is 14.4 Å². The van der Waals surface area contributed by atoms with Crippen LogP contribution in [-0.4, -0.2) is 110 Å². The molecule has 15 heteroatoms. The molecule has 7 atom stereocenters. The number of hydrogen-bond donors (Lipinski definition) is 5. The van der Waals surface area contributed by atoms with E-state index in [1.807, 2.05) is 11.9 Å². The second kappa shape index (κ2) is 10.3. The van der Waals surface area contributed by atoms with E-state index < -0.39 is 71.7 Å². The molecule has 2 bridgehead atoms. The van der Waals surface area contributed by atoms with Crippen molar-refractivity contribution in [1.29, 1.82) is 0 Å². The first-order valence-corrected chi connectivity index (χ1v) is 13.1. The van der Waals surface area contributed by atoms with Crippen LogP contribution in [0.4, 0.5) is 0 Å². The molecular formula is C27H29NO14. The molecule has 1 aromatic rings. The molecule has 5 N–H and O–H groups in total. The van der Waals surface area contributed by atoms with E-state index in [1.54, 1.807) is 6.07 Å². The number of nitrogens with zero attached hydrogens (tertiary/aromatic N) is 1. The Labute approximate surface area is 237 Å². The number of phenols is 1. The molecule has 0 saturated carbocycles. The molecule has 1 fully saturated rings. The predicted octanol–water partition coefficient (Wildman–Crippen LogP) is -1.02. The van der Waals surface area contributed by atoms with Crippen molar-refractivity contribution < 1.29 is 68.5 Å². The van der Waals surface area contributed by atoms with Gasteiger partial charge >= 0.3 is 29.8 Å². The van der Waals surface area contributed by atoms with Gasteiger partial charge in [0.2, 0.25) is 12.2 Å². The third kappa shape index (κ3) is 4.35. The Bertz CT molecular complexity index is 1410. The highest BCUT2D eigenvalue weighted by Crippen LogP contribution is 2.65. The third-order valence-corrected chi connectivity index (χ3v) is 8.52. The highest BCUT2D eigenvalue weighted by atomic mass is 16.6. The third-order valence-electron chi connectivity index (χ3n) is 8.52. The minimum atomic E-state index is -2.52. The van der Waals surface area contributed by atoms with Crippen molar-refractivity contribution in [3.63, 3.8) is 0 Å². The number of aromatic hydroxyl groups is 1. The number of carbonyl (C=O) groups is 5. The fraction of sp³-hybridized carbons (Fsp3) is 0.519. The maximum absolute atomic E-state index is 13.1. The molecule has 1 aromatic carbocycles. The standard InChI is InChI=1S/C27H29NO14/c1-11(29)39-21(25(37)41-15(23(34)35)10-17(31)32)19(33)24(36)40-14-5-6-27(38)16-9-12-3-4-13(30)20-18(12)26(27,22(14)42-20)7-8-28(16)2/h3-5,15-16,19,21-22,30,33,38H,6-10H2,1-2H3,(H,31,32)(H,34,35)/t15-,16-,19-,21-,22+,26+,27-/m1/s1. The monoisotopic (exact) mass is 591 g/mol. The Morgan fingerprint density at radius 2 is 1.86 bits per heavy atom. The number of esters is 3. The maximum atomic E-state index is 13.1. The van der Waals surface area contributed by atoms with Gasteiger partial charge in [0, 0.05) is 24.9 Å². The summed E-state index contributed by atoms with van der Waals surface area (Å²) in [4.78, 5) is 61.7. The van der Waals surface area contributed by atoms with Crippen LogP contribution in [0.15, 0.2) is 24.0 Å². The van der Waals surface area contributed by atoms with Gasteiger partial charge in [-0.15, -0.1) is 0 Å². The van der Waals surface area contributed by atoms with Gasteiger partial charge < -0.3 is 49.4 Å². The van der Waals surface area contributed by atoms with Crippen LogP contribution in [-0.2, 0) is 50.0 Å². The Morgan fingerprint density at radius 3 is 2.50 bits per heavy atom. The smallest absolute Gasteiger partial charge is 0.351 e. The summed E-state index contributed by atoms with van der Waals surface area (Å²) in [6.45, 7) is 1.40. The van der Waals surface area contributed by atoms with Crippen molar-refractivity contribution in [2.75, 3.05) is 13.6 Å². The minimum Gasteiger partial charge on any atom is -0.504 e. The normalized spacial score (nSPS) is 29.1. The lowest BCUT2D eigenvalue weighted by Crippen LogP contribution is -2.74. The molecule has 0 aromatic heterocycles. The largest absolute Gasteiger partial charge is 0.504 e. The average molecular weight is 592 g/mol. The number of likely N-dealkylation sites (N-methyl/N-ethyl adjacent to an activating group) is 1. The molecule has 5 rings (SSSR count). The summed E-state index contributed by atoms with van der Waals surface area (Å²) >= 11 is 0. The van der Waals surface area contributed by atoms with Gasteiger partial charge in [-0.05, 0) is 44.1 Å². The van der Waals surface area contributed by atoms with Crippen LogP contribution in [0.3, 0.4) is 0 Å². The van der Waals surface area contributed by atoms with Crippen LogP contribution in [0.2, 0.25) is 0 Å². The van der Waals surface area contributed by atoms with Gasteiger partial charge in [0.1, 0.15) is 5.76 Å². The number of phenolic OH excluding ortho intramolecular Hbond substituents is 1. The summed E-state index contributed by atoms with van der Waals surface area (Å²) in [6.07, 6.45) is -7.10. The number of carboxylic acids is 2. The summed E-state index contributed by atoms with van der Waals surface area (Å²) in [6, 6.07) is 2.91. The number of hydrogen-bond acceptors (Lipinski definition) is 13. The number of benzene rings is 1. The Hall–Kier alpha value is -4.21. The van der Waals surface area contributed by atoms with Crippen LogP contribution in [0.5, 0.6) is 11.5 Å². The number of carbonyl (C=O) groups excluding carboxylic acids is 3. The summed E-state index contributed by atoms with van der Waals surface area (Å²) < 4.78 is 20.9. The fourth-order valence-corrected chi connectivity index (χ4v) is 6.70. The molecule has 4 aliphatic rings. The SMILES string of the molecule is CC(=O)O[C@@H](C(=O)O[C@H](CC(=O)O)C(=O)O)[C@@H](O)C(=O)OC1=CC[C@@]2(O)[C@H]3Cc4ccc(O)c5c4[C@@]2(CCN3C)[C@H]1O5. The van der Waals surface area contributed by atoms with Crippen molar-refractivity contribution >= 4 is 29.8 Å². The first-order chi connectivity index (χ1) is 19.7. The zero-order valence-corrected chi connectivity index (χ0v) is 22.5. The van der Waals surface area contributed by atoms with Crippen molar-refractivity contribution in [1.82, 2.24) is 4.90 Å².